The molecule has 7 N–H and O–H groups in total. The molecule has 2 aliphatic rings. The Morgan fingerprint density at radius 3 is 2.05 bits per heavy atom. The minimum absolute atomic E-state index is 0.194. The van der Waals surface area contributed by atoms with Crippen molar-refractivity contribution in [2.24, 2.45) is 0 Å². The smallest absolute Gasteiger partial charge is 0.187 e. The Bertz CT molecular complexity index is 351. The molecule has 0 saturated carbocycles. The van der Waals surface area contributed by atoms with Gasteiger partial charge >= 0.3 is 0 Å². The Labute approximate surface area is 126 Å². The first-order valence-electron chi connectivity index (χ1n) is 6.95. The fourth-order valence-corrected chi connectivity index (χ4v) is 2.51. The van der Waals surface area contributed by atoms with E-state index in [1.807, 2.05) is 0 Å². The summed E-state index contributed by atoms with van der Waals surface area (Å²) in [5.41, 5.74) is 0. The fraction of sp³-hybridized carbons (Fsp3) is 1.00. The van der Waals surface area contributed by atoms with Gasteiger partial charge in [-0.1, -0.05) is 0 Å². The molecule has 10 nitrogen and oxygen atoms in total. The Hall–Kier alpha value is -0.400. The molecular weight excluding hydrogens is 304 g/mol. The van der Waals surface area contributed by atoms with E-state index in [4.69, 9.17) is 19.3 Å². The standard InChI is InChI=1S/C12H22O10/c13-1-5-8(17)9(18)10(19)12(21-5)22-11-6(2-14)20-3-4(15)7(11)16/h4-19H,1-3H2/t4-,5-,6-,7-,8-,9+,10+,11-,12+/m1/s1. The minimum atomic E-state index is -1.65. The molecule has 0 aromatic carbocycles. The van der Waals surface area contributed by atoms with Crippen molar-refractivity contribution < 1.29 is 50.0 Å². The van der Waals surface area contributed by atoms with Crippen molar-refractivity contribution in [3.05, 3.63) is 0 Å². The molecule has 0 radical (unpaired) electrons. The van der Waals surface area contributed by atoms with Gasteiger partial charge in [0.25, 0.3) is 0 Å². The number of aliphatic hydroxyl groups is 7. The predicted octanol–water partition coefficient (Wildman–Crippen LogP) is -4.72. The average molecular weight is 326 g/mol. The van der Waals surface area contributed by atoms with Crippen LogP contribution in [0.25, 0.3) is 0 Å². The molecule has 0 aliphatic carbocycles. The molecule has 2 saturated heterocycles. The van der Waals surface area contributed by atoms with Crippen LogP contribution < -0.4 is 0 Å². The third kappa shape index (κ3) is 3.41. The molecule has 0 aromatic rings. The third-order valence-electron chi connectivity index (χ3n) is 3.90. The van der Waals surface area contributed by atoms with E-state index in [0.29, 0.717) is 0 Å². The van der Waals surface area contributed by atoms with Crippen molar-refractivity contribution in [2.45, 2.75) is 55.1 Å². The van der Waals surface area contributed by atoms with Gasteiger partial charge in [0.15, 0.2) is 6.29 Å². The lowest BCUT2D eigenvalue weighted by Gasteiger charge is -2.44. The monoisotopic (exact) mass is 326 g/mol. The van der Waals surface area contributed by atoms with Gasteiger partial charge in [-0.25, -0.2) is 0 Å². The van der Waals surface area contributed by atoms with Crippen molar-refractivity contribution in [3.63, 3.8) is 0 Å². The highest BCUT2D eigenvalue weighted by atomic mass is 16.7. The average Bonchev–Trinajstić information content (AvgIpc) is 2.52. The molecular formula is C12H22O10. The van der Waals surface area contributed by atoms with Gasteiger partial charge in [0.05, 0.1) is 19.8 Å². The maximum Gasteiger partial charge on any atom is 0.187 e. The zero-order valence-corrected chi connectivity index (χ0v) is 11.7. The van der Waals surface area contributed by atoms with E-state index >= 15 is 0 Å². The highest BCUT2D eigenvalue weighted by Crippen LogP contribution is 2.27. The Kier molecular flexibility index (Phi) is 6.07. The predicted molar refractivity (Wildman–Crippen MR) is 67.5 cm³/mol. The van der Waals surface area contributed by atoms with Gasteiger partial charge < -0.3 is 50.0 Å². The van der Waals surface area contributed by atoms with Crippen molar-refractivity contribution in [2.75, 3.05) is 19.8 Å². The third-order valence-corrected chi connectivity index (χ3v) is 3.90. The number of hydrogen-bond acceptors (Lipinski definition) is 10. The molecule has 0 unspecified atom stereocenters. The van der Waals surface area contributed by atoms with E-state index in [-0.39, 0.29) is 6.61 Å². The van der Waals surface area contributed by atoms with Crippen LogP contribution in [0.4, 0.5) is 0 Å². The van der Waals surface area contributed by atoms with Crippen molar-refractivity contribution in [1.29, 1.82) is 0 Å². The summed E-state index contributed by atoms with van der Waals surface area (Å²) in [6, 6.07) is 0. The first-order valence-corrected chi connectivity index (χ1v) is 6.95. The van der Waals surface area contributed by atoms with Crippen LogP contribution in [0, 0.1) is 0 Å². The normalized spacial score (nSPS) is 50.0. The van der Waals surface area contributed by atoms with Gasteiger partial charge in [-0.3, -0.25) is 0 Å². The summed E-state index contributed by atoms with van der Waals surface area (Å²) in [6.45, 7) is -1.33. The maximum atomic E-state index is 9.93. The van der Waals surface area contributed by atoms with Crippen LogP contribution in [-0.4, -0.2) is 111 Å². The molecule has 0 bridgehead atoms. The largest absolute Gasteiger partial charge is 0.394 e. The zero-order chi connectivity index (χ0) is 16.4. The van der Waals surface area contributed by atoms with Crippen LogP contribution in [0.1, 0.15) is 0 Å². The number of ether oxygens (including phenoxy) is 3. The Morgan fingerprint density at radius 1 is 0.818 bits per heavy atom. The van der Waals surface area contributed by atoms with Crippen LogP contribution in [0.5, 0.6) is 0 Å². The van der Waals surface area contributed by atoms with Crippen LogP contribution in [0.2, 0.25) is 0 Å². The summed E-state index contributed by atoms with van der Waals surface area (Å²) in [4.78, 5) is 0. The summed E-state index contributed by atoms with van der Waals surface area (Å²) < 4.78 is 15.6. The summed E-state index contributed by atoms with van der Waals surface area (Å²) in [7, 11) is 0. The second kappa shape index (κ2) is 7.45. The number of hydrogen-bond donors (Lipinski definition) is 7. The lowest BCUT2D eigenvalue weighted by molar-refractivity contribution is -0.336. The molecule has 130 valence electrons. The lowest BCUT2D eigenvalue weighted by Crippen LogP contribution is -2.63. The second-order valence-corrected chi connectivity index (χ2v) is 5.41. The highest BCUT2D eigenvalue weighted by Gasteiger charge is 2.48. The summed E-state index contributed by atoms with van der Waals surface area (Å²) in [6.07, 6.45) is -12.3. The van der Waals surface area contributed by atoms with Crippen LogP contribution in [-0.2, 0) is 14.2 Å². The molecule has 0 aromatic heterocycles. The van der Waals surface area contributed by atoms with E-state index in [0.717, 1.165) is 0 Å². The summed E-state index contributed by atoms with van der Waals surface area (Å²) in [5.74, 6) is 0. The van der Waals surface area contributed by atoms with Gasteiger partial charge in [-0.2, -0.15) is 0 Å². The van der Waals surface area contributed by atoms with E-state index in [9.17, 15) is 30.6 Å². The maximum absolute atomic E-state index is 9.93. The van der Waals surface area contributed by atoms with Crippen molar-refractivity contribution in [3.8, 4) is 0 Å². The first-order chi connectivity index (χ1) is 10.4. The number of rotatable bonds is 4. The summed E-state index contributed by atoms with van der Waals surface area (Å²) >= 11 is 0. The topological polar surface area (TPSA) is 169 Å². The molecule has 0 amide bonds. The molecule has 9 atom stereocenters. The van der Waals surface area contributed by atoms with E-state index < -0.39 is 68.3 Å². The fourth-order valence-electron chi connectivity index (χ4n) is 2.51. The molecule has 2 aliphatic heterocycles. The molecule has 10 heteroatoms. The zero-order valence-electron chi connectivity index (χ0n) is 11.7. The van der Waals surface area contributed by atoms with Gasteiger partial charge in [-0.05, 0) is 0 Å². The lowest BCUT2D eigenvalue weighted by atomic mass is 9.97. The molecule has 2 fully saturated rings. The van der Waals surface area contributed by atoms with Crippen LogP contribution in [0.3, 0.4) is 0 Å². The highest BCUT2D eigenvalue weighted by molar-refractivity contribution is 4.92. The van der Waals surface area contributed by atoms with Crippen molar-refractivity contribution >= 4 is 0 Å². The minimum Gasteiger partial charge on any atom is -0.394 e. The van der Waals surface area contributed by atoms with Gasteiger partial charge in [0.1, 0.15) is 48.8 Å². The van der Waals surface area contributed by atoms with Crippen LogP contribution in [0.15, 0.2) is 0 Å². The van der Waals surface area contributed by atoms with Gasteiger partial charge in [-0.15, -0.1) is 0 Å². The number of aliphatic hydroxyl groups excluding tert-OH is 7. The summed E-state index contributed by atoms with van der Waals surface area (Å²) in [5, 5.41) is 67.0. The van der Waals surface area contributed by atoms with Gasteiger partial charge in [0.2, 0.25) is 0 Å². The van der Waals surface area contributed by atoms with Crippen LogP contribution >= 0.6 is 0 Å². The van der Waals surface area contributed by atoms with Crippen molar-refractivity contribution in [1.82, 2.24) is 0 Å². The molecule has 2 rings (SSSR count). The second-order valence-electron chi connectivity index (χ2n) is 5.41. The van der Waals surface area contributed by atoms with E-state index in [1.54, 1.807) is 0 Å². The van der Waals surface area contributed by atoms with Gasteiger partial charge in [0, 0.05) is 0 Å². The van der Waals surface area contributed by atoms with E-state index in [2.05, 4.69) is 0 Å². The SMILES string of the molecule is OC[C@H]1O[C@@H](O[C@H]2[C@H](O)[C@H](O)CO[C@@H]2CO)[C@@H](O)[C@@H](O)[C@@H]1O. The Balaban J connectivity index is 2.09. The molecule has 2 heterocycles. The molecule has 22 heavy (non-hydrogen) atoms. The van der Waals surface area contributed by atoms with E-state index in [1.165, 1.54) is 0 Å². The molecule has 0 spiro atoms. The Morgan fingerprint density at radius 2 is 1.45 bits per heavy atom. The quantitative estimate of drug-likeness (QED) is 0.266. The first kappa shape index (κ1) is 17.9.